The van der Waals surface area contributed by atoms with Crippen molar-refractivity contribution >= 4 is 37.7 Å². The lowest BCUT2D eigenvalue weighted by atomic mass is 10.1. The van der Waals surface area contributed by atoms with Gasteiger partial charge in [0.15, 0.2) is 0 Å². The lowest BCUT2D eigenvalue weighted by molar-refractivity contribution is -0.136. The summed E-state index contributed by atoms with van der Waals surface area (Å²) >= 11 is 3.99. The van der Waals surface area contributed by atoms with E-state index in [4.69, 9.17) is 4.74 Å². The Hall–Kier alpha value is -1.67. The number of halogens is 4. The Morgan fingerprint density at radius 1 is 1.22 bits per heavy atom. The lowest BCUT2D eigenvalue weighted by Gasteiger charge is -2.11. The molecule has 0 fully saturated rings. The SMILES string of the molecule is CCOc1ccc(-c2cc(C(F)(F)F)c3c(Br)nsc3n2)cc1. The Bertz CT molecular complexity index is 846. The van der Waals surface area contributed by atoms with Gasteiger partial charge >= 0.3 is 6.18 Å². The van der Waals surface area contributed by atoms with Crippen LogP contribution in [0.2, 0.25) is 0 Å². The van der Waals surface area contributed by atoms with E-state index in [1.807, 2.05) is 6.92 Å². The lowest BCUT2D eigenvalue weighted by Crippen LogP contribution is -2.06. The Labute approximate surface area is 142 Å². The molecule has 2 heterocycles. The summed E-state index contributed by atoms with van der Waals surface area (Å²) in [7, 11) is 0. The van der Waals surface area contributed by atoms with Crippen molar-refractivity contribution in [3.63, 3.8) is 0 Å². The van der Waals surface area contributed by atoms with Crippen molar-refractivity contribution in [3.8, 4) is 17.0 Å². The zero-order chi connectivity index (χ0) is 16.6. The van der Waals surface area contributed by atoms with E-state index in [0.29, 0.717) is 17.9 Å². The topological polar surface area (TPSA) is 35.0 Å². The monoisotopic (exact) mass is 402 g/mol. The molecule has 0 aliphatic rings. The van der Waals surface area contributed by atoms with E-state index < -0.39 is 11.7 Å². The van der Waals surface area contributed by atoms with Gasteiger partial charge in [0.25, 0.3) is 0 Å². The van der Waals surface area contributed by atoms with Gasteiger partial charge in [0.2, 0.25) is 0 Å². The fourth-order valence-corrected chi connectivity index (χ4v) is 3.62. The van der Waals surface area contributed by atoms with E-state index in [2.05, 4.69) is 25.3 Å². The largest absolute Gasteiger partial charge is 0.494 e. The molecule has 0 aliphatic heterocycles. The first-order valence-electron chi connectivity index (χ1n) is 6.66. The van der Waals surface area contributed by atoms with Crippen LogP contribution in [0.1, 0.15) is 12.5 Å². The third-order valence-corrected chi connectivity index (χ3v) is 4.72. The molecule has 0 unspecified atom stereocenters. The second kappa shape index (κ2) is 6.09. The number of hydrogen-bond donors (Lipinski definition) is 0. The van der Waals surface area contributed by atoms with Crippen LogP contribution in [-0.2, 0) is 6.18 Å². The molecule has 1 aromatic carbocycles. The Morgan fingerprint density at radius 2 is 1.91 bits per heavy atom. The molecule has 120 valence electrons. The first-order chi connectivity index (χ1) is 10.9. The van der Waals surface area contributed by atoms with Crippen LogP contribution < -0.4 is 4.74 Å². The van der Waals surface area contributed by atoms with Gasteiger partial charge in [-0.05, 0) is 64.7 Å². The Morgan fingerprint density at radius 3 is 2.52 bits per heavy atom. The summed E-state index contributed by atoms with van der Waals surface area (Å²) < 4.78 is 49.4. The average Bonchev–Trinajstić information content (AvgIpc) is 2.88. The van der Waals surface area contributed by atoms with Gasteiger partial charge in [-0.2, -0.15) is 17.5 Å². The highest BCUT2D eigenvalue weighted by Gasteiger charge is 2.35. The predicted octanol–water partition coefficient (Wildman–Crippen LogP) is 5.54. The predicted molar refractivity (Wildman–Crippen MR) is 86.7 cm³/mol. The summed E-state index contributed by atoms with van der Waals surface area (Å²) in [6, 6.07) is 7.85. The molecule has 0 bridgehead atoms. The second-order valence-electron chi connectivity index (χ2n) is 4.66. The molecule has 0 atom stereocenters. The maximum atomic E-state index is 13.3. The summed E-state index contributed by atoms with van der Waals surface area (Å²) in [6.45, 7) is 2.39. The number of fused-ring (bicyclic) bond motifs is 1. The molecule has 0 saturated heterocycles. The number of ether oxygens (including phenoxy) is 1. The number of pyridine rings is 1. The van der Waals surface area contributed by atoms with Gasteiger partial charge < -0.3 is 4.74 Å². The van der Waals surface area contributed by atoms with E-state index >= 15 is 0 Å². The third kappa shape index (κ3) is 3.18. The van der Waals surface area contributed by atoms with Crippen molar-refractivity contribution in [1.29, 1.82) is 0 Å². The summed E-state index contributed by atoms with van der Waals surface area (Å²) in [5.41, 5.74) is 0.0985. The van der Waals surface area contributed by atoms with E-state index in [1.54, 1.807) is 24.3 Å². The molecular weight excluding hydrogens is 393 g/mol. The third-order valence-electron chi connectivity index (χ3n) is 3.17. The smallest absolute Gasteiger partial charge is 0.417 e. The fourth-order valence-electron chi connectivity index (χ4n) is 2.18. The van der Waals surface area contributed by atoms with Crippen LogP contribution in [-0.4, -0.2) is 16.0 Å². The maximum absolute atomic E-state index is 13.3. The number of benzene rings is 1. The van der Waals surface area contributed by atoms with Crippen LogP contribution in [0.4, 0.5) is 13.2 Å². The molecule has 3 nitrogen and oxygen atoms in total. The van der Waals surface area contributed by atoms with Crippen LogP contribution >= 0.6 is 27.5 Å². The molecule has 0 spiro atoms. The first-order valence-corrected chi connectivity index (χ1v) is 8.23. The van der Waals surface area contributed by atoms with Gasteiger partial charge in [-0.3, -0.25) is 0 Å². The van der Waals surface area contributed by atoms with Crippen LogP contribution in [0, 0.1) is 0 Å². The van der Waals surface area contributed by atoms with Crippen molar-refractivity contribution in [2.45, 2.75) is 13.1 Å². The molecule has 0 aliphatic carbocycles. The van der Waals surface area contributed by atoms with Gasteiger partial charge in [0.1, 0.15) is 15.2 Å². The highest BCUT2D eigenvalue weighted by molar-refractivity contribution is 9.10. The zero-order valence-electron chi connectivity index (χ0n) is 11.8. The van der Waals surface area contributed by atoms with Gasteiger partial charge in [-0.25, -0.2) is 4.98 Å². The molecule has 23 heavy (non-hydrogen) atoms. The fraction of sp³-hybridized carbons (Fsp3) is 0.200. The van der Waals surface area contributed by atoms with Crippen molar-refractivity contribution in [2.24, 2.45) is 0 Å². The molecule has 0 N–H and O–H groups in total. The van der Waals surface area contributed by atoms with E-state index in [1.165, 1.54) is 0 Å². The highest BCUT2D eigenvalue weighted by atomic mass is 79.9. The number of hydrogen-bond acceptors (Lipinski definition) is 4. The summed E-state index contributed by atoms with van der Waals surface area (Å²) in [6.07, 6.45) is -4.48. The minimum Gasteiger partial charge on any atom is -0.494 e. The molecule has 0 amide bonds. The summed E-state index contributed by atoms with van der Waals surface area (Å²) in [5.74, 6) is 0.661. The van der Waals surface area contributed by atoms with Gasteiger partial charge in [0.05, 0.1) is 23.3 Å². The second-order valence-corrected chi connectivity index (χ2v) is 6.17. The van der Waals surface area contributed by atoms with Crippen LogP contribution in [0.3, 0.4) is 0 Å². The molecule has 8 heteroatoms. The van der Waals surface area contributed by atoms with Crippen molar-refractivity contribution in [2.75, 3.05) is 6.61 Å². The minimum atomic E-state index is -4.48. The molecule has 2 aromatic heterocycles. The molecular formula is C15H10BrF3N2OS. The molecule has 0 radical (unpaired) electrons. The number of rotatable bonds is 3. The normalized spacial score (nSPS) is 11.9. The van der Waals surface area contributed by atoms with Crippen LogP contribution in [0.25, 0.3) is 21.5 Å². The van der Waals surface area contributed by atoms with Gasteiger partial charge in [-0.1, -0.05) is 0 Å². The standard InChI is InChI=1S/C15H10BrF3N2OS/c1-2-22-9-5-3-8(4-6-9)11-7-10(15(17,18)19)12-13(16)21-23-14(12)20-11/h3-7H,2H2,1H3. The van der Waals surface area contributed by atoms with Gasteiger partial charge in [-0.15, -0.1) is 0 Å². The van der Waals surface area contributed by atoms with Crippen molar-refractivity contribution in [3.05, 3.63) is 40.5 Å². The molecule has 0 saturated carbocycles. The average molecular weight is 403 g/mol. The molecule has 3 aromatic rings. The number of alkyl halides is 3. The van der Waals surface area contributed by atoms with E-state index in [9.17, 15) is 13.2 Å². The molecule has 3 rings (SSSR count). The van der Waals surface area contributed by atoms with Crippen molar-refractivity contribution in [1.82, 2.24) is 9.36 Å². The summed E-state index contributed by atoms with van der Waals surface area (Å²) in [4.78, 5) is 4.55. The van der Waals surface area contributed by atoms with Crippen LogP contribution in [0.15, 0.2) is 34.9 Å². The number of nitrogens with zero attached hydrogens (tertiary/aromatic N) is 2. The van der Waals surface area contributed by atoms with Crippen LogP contribution in [0.5, 0.6) is 5.75 Å². The Balaban J connectivity index is 2.15. The minimum absolute atomic E-state index is 0.00261. The zero-order valence-corrected chi connectivity index (χ0v) is 14.2. The van der Waals surface area contributed by atoms with E-state index in [0.717, 1.165) is 17.6 Å². The highest BCUT2D eigenvalue weighted by Crippen LogP contribution is 2.40. The Kier molecular flexibility index (Phi) is 4.29. The first kappa shape index (κ1) is 16.2. The van der Waals surface area contributed by atoms with E-state index in [-0.39, 0.29) is 20.5 Å². The number of aromatic nitrogens is 2. The van der Waals surface area contributed by atoms with Gasteiger partial charge in [0, 0.05) is 5.56 Å². The summed E-state index contributed by atoms with van der Waals surface area (Å²) in [5, 5.41) is -0.00261. The quantitative estimate of drug-likeness (QED) is 0.576. The van der Waals surface area contributed by atoms with Crippen molar-refractivity contribution < 1.29 is 17.9 Å². The maximum Gasteiger partial charge on any atom is 0.417 e.